The smallest absolute Gasteiger partial charge is 0.203 e. The van der Waals surface area contributed by atoms with E-state index in [-0.39, 0.29) is 22.5 Å². The van der Waals surface area contributed by atoms with E-state index in [4.69, 9.17) is 5.73 Å². The van der Waals surface area contributed by atoms with Gasteiger partial charge in [-0.3, -0.25) is 4.68 Å². The van der Waals surface area contributed by atoms with Crippen LogP contribution >= 0.6 is 0 Å². The minimum absolute atomic E-state index is 0.0888. The number of nitrogens with two attached hydrogens (primary N) is 1. The SMILES string of the molecule is CC(C)n1ccc(CS(=O)(=O)c2ncccc2N)n1. The molecule has 0 saturated carbocycles. The average Bonchev–Trinajstić information content (AvgIpc) is 2.77. The first kappa shape index (κ1) is 13.5. The van der Waals surface area contributed by atoms with E-state index in [0.717, 1.165) is 0 Å². The summed E-state index contributed by atoms with van der Waals surface area (Å²) in [5, 5.41) is 4.13. The lowest BCUT2D eigenvalue weighted by molar-refractivity contribution is 0.527. The van der Waals surface area contributed by atoms with Gasteiger partial charge in [-0.25, -0.2) is 13.4 Å². The van der Waals surface area contributed by atoms with Crippen molar-refractivity contribution in [2.24, 2.45) is 0 Å². The number of hydrogen-bond donors (Lipinski definition) is 1. The van der Waals surface area contributed by atoms with Crippen LogP contribution in [0.2, 0.25) is 0 Å². The summed E-state index contributed by atoms with van der Waals surface area (Å²) in [7, 11) is -3.57. The van der Waals surface area contributed by atoms with E-state index >= 15 is 0 Å². The summed E-state index contributed by atoms with van der Waals surface area (Å²) in [6, 6.07) is 5.00. The summed E-state index contributed by atoms with van der Waals surface area (Å²) in [6.45, 7) is 3.95. The van der Waals surface area contributed by atoms with Crippen LogP contribution in [0.3, 0.4) is 0 Å². The molecule has 0 fully saturated rings. The van der Waals surface area contributed by atoms with E-state index in [2.05, 4.69) is 10.1 Å². The molecule has 2 rings (SSSR count). The van der Waals surface area contributed by atoms with Crippen LogP contribution in [-0.4, -0.2) is 23.2 Å². The van der Waals surface area contributed by atoms with Crippen molar-refractivity contribution in [1.29, 1.82) is 0 Å². The molecule has 0 aromatic carbocycles. The predicted octanol–water partition coefficient (Wildman–Crippen LogP) is 1.42. The van der Waals surface area contributed by atoms with Crippen molar-refractivity contribution < 1.29 is 8.42 Å². The number of anilines is 1. The van der Waals surface area contributed by atoms with E-state index in [0.29, 0.717) is 5.69 Å². The second-order valence-corrected chi connectivity index (χ2v) is 6.44. The Morgan fingerprint density at radius 2 is 2.11 bits per heavy atom. The fourth-order valence-corrected chi connectivity index (χ4v) is 3.00. The van der Waals surface area contributed by atoms with Gasteiger partial charge in [0.05, 0.1) is 11.4 Å². The Bertz CT molecular complexity index is 677. The van der Waals surface area contributed by atoms with Crippen molar-refractivity contribution in [2.75, 3.05) is 5.73 Å². The van der Waals surface area contributed by atoms with Gasteiger partial charge in [-0.15, -0.1) is 0 Å². The number of nitrogen functional groups attached to an aromatic ring is 1. The molecule has 0 bridgehead atoms. The topological polar surface area (TPSA) is 90.9 Å². The summed E-state index contributed by atoms with van der Waals surface area (Å²) in [5.74, 6) is -0.200. The predicted molar refractivity (Wildman–Crippen MR) is 72.2 cm³/mol. The first-order valence-corrected chi connectivity index (χ1v) is 7.52. The molecule has 6 nitrogen and oxygen atoms in total. The third-order valence-electron chi connectivity index (χ3n) is 2.63. The molecule has 7 heteroatoms. The normalized spacial score (nSPS) is 11.9. The highest BCUT2D eigenvalue weighted by Crippen LogP contribution is 2.19. The van der Waals surface area contributed by atoms with Gasteiger partial charge in [-0.1, -0.05) is 0 Å². The maximum absolute atomic E-state index is 12.2. The maximum atomic E-state index is 12.2. The highest BCUT2D eigenvalue weighted by atomic mass is 32.2. The van der Waals surface area contributed by atoms with Gasteiger partial charge in [-0.2, -0.15) is 5.10 Å². The number of sulfone groups is 1. The molecule has 0 spiro atoms. The Kier molecular flexibility index (Phi) is 3.57. The van der Waals surface area contributed by atoms with Crippen LogP contribution in [0.25, 0.3) is 0 Å². The highest BCUT2D eigenvalue weighted by Gasteiger charge is 2.21. The standard InChI is InChI=1S/C12H16N4O2S/c1-9(2)16-7-5-10(15-16)8-19(17,18)12-11(13)4-3-6-14-12/h3-7,9H,8,13H2,1-2H3. The summed E-state index contributed by atoms with van der Waals surface area (Å²) in [4.78, 5) is 3.84. The Balaban J connectivity index is 2.29. The van der Waals surface area contributed by atoms with Gasteiger partial charge in [0.15, 0.2) is 5.03 Å². The van der Waals surface area contributed by atoms with E-state index in [1.165, 1.54) is 12.3 Å². The molecule has 0 aliphatic rings. The lowest BCUT2D eigenvalue weighted by Crippen LogP contribution is -2.11. The number of rotatable bonds is 4. The van der Waals surface area contributed by atoms with Crippen LogP contribution in [0.5, 0.6) is 0 Å². The molecule has 2 aromatic rings. The Morgan fingerprint density at radius 3 is 2.68 bits per heavy atom. The zero-order valence-electron chi connectivity index (χ0n) is 10.8. The third kappa shape index (κ3) is 2.93. The lowest BCUT2D eigenvalue weighted by Gasteiger charge is -2.05. The van der Waals surface area contributed by atoms with E-state index in [9.17, 15) is 8.42 Å². The van der Waals surface area contributed by atoms with Gasteiger partial charge in [-0.05, 0) is 32.0 Å². The van der Waals surface area contributed by atoms with Crippen molar-refractivity contribution in [1.82, 2.24) is 14.8 Å². The second kappa shape index (κ2) is 5.00. The Morgan fingerprint density at radius 1 is 1.37 bits per heavy atom. The van der Waals surface area contributed by atoms with Crippen LogP contribution in [0.15, 0.2) is 35.6 Å². The maximum Gasteiger partial charge on any atom is 0.203 e. The number of nitrogens with zero attached hydrogens (tertiary/aromatic N) is 3. The Hall–Kier alpha value is -1.89. The molecule has 0 atom stereocenters. The Labute approximate surface area is 112 Å². The minimum atomic E-state index is -3.57. The molecule has 102 valence electrons. The fourth-order valence-electron chi connectivity index (χ4n) is 1.67. The molecule has 2 N–H and O–H groups in total. The molecule has 0 radical (unpaired) electrons. The van der Waals surface area contributed by atoms with Crippen molar-refractivity contribution in [3.8, 4) is 0 Å². The van der Waals surface area contributed by atoms with Crippen molar-refractivity contribution in [2.45, 2.75) is 30.7 Å². The lowest BCUT2D eigenvalue weighted by atomic mass is 10.4. The molecule has 0 unspecified atom stereocenters. The summed E-state index contributed by atoms with van der Waals surface area (Å²) >= 11 is 0. The van der Waals surface area contributed by atoms with Crippen molar-refractivity contribution >= 4 is 15.5 Å². The van der Waals surface area contributed by atoms with Crippen LogP contribution in [0, 0.1) is 0 Å². The van der Waals surface area contributed by atoms with Crippen LogP contribution in [0.4, 0.5) is 5.69 Å². The van der Waals surface area contributed by atoms with Gasteiger partial charge < -0.3 is 5.73 Å². The second-order valence-electron chi connectivity index (χ2n) is 4.54. The zero-order chi connectivity index (χ0) is 14.0. The molecule has 0 aliphatic heterocycles. The summed E-state index contributed by atoms with van der Waals surface area (Å²) in [5.41, 5.74) is 6.29. The first-order valence-electron chi connectivity index (χ1n) is 5.87. The van der Waals surface area contributed by atoms with Gasteiger partial charge >= 0.3 is 0 Å². The van der Waals surface area contributed by atoms with Gasteiger partial charge in [0, 0.05) is 18.4 Å². The first-order chi connectivity index (χ1) is 8.90. The molecule has 2 heterocycles. The monoisotopic (exact) mass is 280 g/mol. The third-order valence-corrected chi connectivity index (χ3v) is 4.23. The molecular weight excluding hydrogens is 264 g/mol. The van der Waals surface area contributed by atoms with Crippen LogP contribution in [-0.2, 0) is 15.6 Å². The zero-order valence-corrected chi connectivity index (χ0v) is 11.6. The van der Waals surface area contributed by atoms with Crippen LogP contribution in [0.1, 0.15) is 25.6 Å². The highest BCUT2D eigenvalue weighted by molar-refractivity contribution is 7.90. The quantitative estimate of drug-likeness (QED) is 0.914. The number of aromatic nitrogens is 3. The molecule has 0 aliphatic carbocycles. The molecule has 2 aromatic heterocycles. The van der Waals surface area contributed by atoms with Gasteiger partial charge in [0.25, 0.3) is 0 Å². The summed E-state index contributed by atoms with van der Waals surface area (Å²) in [6.07, 6.45) is 3.17. The van der Waals surface area contributed by atoms with Crippen molar-refractivity contribution in [3.05, 3.63) is 36.3 Å². The molecule has 0 saturated heterocycles. The molecule has 0 amide bonds. The minimum Gasteiger partial charge on any atom is -0.396 e. The van der Waals surface area contributed by atoms with Gasteiger partial charge in [0.1, 0.15) is 5.75 Å². The molecule has 19 heavy (non-hydrogen) atoms. The van der Waals surface area contributed by atoms with E-state index in [1.807, 2.05) is 13.8 Å². The van der Waals surface area contributed by atoms with E-state index < -0.39 is 9.84 Å². The van der Waals surface area contributed by atoms with Crippen LogP contribution < -0.4 is 5.73 Å². The number of hydrogen-bond acceptors (Lipinski definition) is 5. The largest absolute Gasteiger partial charge is 0.396 e. The van der Waals surface area contributed by atoms with E-state index in [1.54, 1.807) is 23.0 Å². The van der Waals surface area contributed by atoms with Crippen molar-refractivity contribution in [3.63, 3.8) is 0 Å². The van der Waals surface area contributed by atoms with Gasteiger partial charge in [0.2, 0.25) is 9.84 Å². The summed E-state index contributed by atoms with van der Waals surface area (Å²) < 4.78 is 26.1. The average molecular weight is 280 g/mol. The number of pyridine rings is 1. The fraction of sp³-hybridized carbons (Fsp3) is 0.333. The molecular formula is C12H16N4O2S.